The molecule has 0 radical (unpaired) electrons. The van der Waals surface area contributed by atoms with Gasteiger partial charge in [-0.15, -0.1) is 0 Å². The van der Waals surface area contributed by atoms with Gasteiger partial charge in [0, 0.05) is 12.0 Å². The summed E-state index contributed by atoms with van der Waals surface area (Å²) in [7, 11) is 0. The summed E-state index contributed by atoms with van der Waals surface area (Å²) in [4.78, 5) is 0. The molecule has 2 heteroatoms. The molecule has 0 aromatic heterocycles. The topological polar surface area (TPSA) is 12.0 Å². The Morgan fingerprint density at radius 1 is 1.25 bits per heavy atom. The fourth-order valence-electron chi connectivity index (χ4n) is 3.27. The first-order valence-corrected chi connectivity index (χ1v) is 7.28. The lowest BCUT2D eigenvalue weighted by atomic mass is 9.71. The van der Waals surface area contributed by atoms with Gasteiger partial charge in [-0.1, -0.05) is 37.3 Å². The highest BCUT2D eigenvalue weighted by Crippen LogP contribution is 2.44. The molecule has 0 heterocycles. The van der Waals surface area contributed by atoms with Gasteiger partial charge in [-0.2, -0.15) is 0 Å². The lowest BCUT2D eigenvalue weighted by Gasteiger charge is -2.38. The molecule has 1 aliphatic carbocycles. The summed E-state index contributed by atoms with van der Waals surface area (Å²) in [5, 5.41) is 3.58. The summed E-state index contributed by atoms with van der Waals surface area (Å²) in [6.45, 7) is 5.03. The molecule has 1 nitrogen and oxygen atoms in total. The maximum atomic E-state index is 13.3. The molecular weight excluding hydrogens is 249 g/mol. The zero-order valence-corrected chi connectivity index (χ0v) is 12.0. The van der Waals surface area contributed by atoms with E-state index in [1.807, 2.05) is 13.0 Å². The molecule has 0 amide bonds. The van der Waals surface area contributed by atoms with Crippen LogP contribution in [0.1, 0.15) is 41.1 Å². The second-order valence-electron chi connectivity index (χ2n) is 5.55. The van der Waals surface area contributed by atoms with Crippen LogP contribution in [0.3, 0.4) is 0 Å². The number of halogens is 1. The molecule has 0 spiro atoms. The van der Waals surface area contributed by atoms with Crippen LogP contribution < -0.4 is 5.32 Å². The van der Waals surface area contributed by atoms with E-state index in [1.165, 1.54) is 16.7 Å². The van der Waals surface area contributed by atoms with Gasteiger partial charge in [0.15, 0.2) is 0 Å². The van der Waals surface area contributed by atoms with Gasteiger partial charge in [0.2, 0.25) is 0 Å². The molecule has 20 heavy (non-hydrogen) atoms. The van der Waals surface area contributed by atoms with Crippen molar-refractivity contribution in [1.82, 2.24) is 5.32 Å². The molecule has 0 aliphatic heterocycles. The Morgan fingerprint density at radius 2 is 2.05 bits per heavy atom. The number of aryl methyl sites for hydroxylation is 1. The van der Waals surface area contributed by atoms with Gasteiger partial charge in [0.25, 0.3) is 0 Å². The molecule has 3 rings (SSSR count). The minimum absolute atomic E-state index is 0.157. The van der Waals surface area contributed by atoms with E-state index in [4.69, 9.17) is 0 Å². The molecule has 0 saturated carbocycles. The monoisotopic (exact) mass is 269 g/mol. The van der Waals surface area contributed by atoms with E-state index in [0.717, 1.165) is 18.5 Å². The zero-order chi connectivity index (χ0) is 14.1. The van der Waals surface area contributed by atoms with Crippen molar-refractivity contribution in [2.75, 3.05) is 6.54 Å². The summed E-state index contributed by atoms with van der Waals surface area (Å²) in [5.41, 5.74) is 5.12. The Hall–Kier alpha value is -1.67. The van der Waals surface area contributed by atoms with Gasteiger partial charge in [-0.3, -0.25) is 0 Å². The second-order valence-corrected chi connectivity index (χ2v) is 5.55. The van der Waals surface area contributed by atoms with Gasteiger partial charge < -0.3 is 5.32 Å². The van der Waals surface area contributed by atoms with Crippen molar-refractivity contribution in [3.8, 4) is 0 Å². The molecule has 0 fully saturated rings. The number of hydrogen-bond donors (Lipinski definition) is 1. The SMILES string of the molecule is CCNC(c1ccc(F)cc1C)C1Cc2ccccc21. The highest BCUT2D eigenvalue weighted by atomic mass is 19.1. The molecule has 0 saturated heterocycles. The third-order valence-corrected chi connectivity index (χ3v) is 4.29. The highest BCUT2D eigenvalue weighted by molar-refractivity contribution is 5.44. The minimum Gasteiger partial charge on any atom is -0.310 e. The minimum atomic E-state index is -0.157. The van der Waals surface area contributed by atoms with Crippen molar-refractivity contribution in [3.63, 3.8) is 0 Å². The highest BCUT2D eigenvalue weighted by Gasteiger charge is 2.33. The van der Waals surface area contributed by atoms with Gasteiger partial charge in [0.05, 0.1) is 0 Å². The quantitative estimate of drug-likeness (QED) is 0.880. The largest absolute Gasteiger partial charge is 0.310 e. The van der Waals surface area contributed by atoms with E-state index in [0.29, 0.717) is 5.92 Å². The van der Waals surface area contributed by atoms with Gasteiger partial charge in [0.1, 0.15) is 5.82 Å². The molecule has 104 valence electrons. The maximum Gasteiger partial charge on any atom is 0.123 e. The number of likely N-dealkylation sites (N-methyl/N-ethyl adjacent to an activating group) is 1. The average molecular weight is 269 g/mol. The molecule has 2 unspecified atom stereocenters. The first-order valence-electron chi connectivity index (χ1n) is 7.28. The Balaban J connectivity index is 1.95. The number of hydrogen-bond acceptors (Lipinski definition) is 1. The summed E-state index contributed by atoms with van der Waals surface area (Å²) in [6, 6.07) is 14.0. The van der Waals surface area contributed by atoms with Crippen LogP contribution in [-0.4, -0.2) is 6.54 Å². The Labute approximate surface area is 119 Å². The molecule has 2 atom stereocenters. The zero-order valence-electron chi connectivity index (χ0n) is 12.0. The smallest absolute Gasteiger partial charge is 0.123 e. The third kappa shape index (κ3) is 2.25. The first-order chi connectivity index (χ1) is 9.70. The van der Waals surface area contributed by atoms with Crippen molar-refractivity contribution < 1.29 is 4.39 Å². The number of fused-ring (bicyclic) bond motifs is 1. The van der Waals surface area contributed by atoms with Crippen LogP contribution in [0.25, 0.3) is 0 Å². The van der Waals surface area contributed by atoms with Crippen molar-refractivity contribution in [3.05, 3.63) is 70.5 Å². The summed E-state index contributed by atoms with van der Waals surface area (Å²) in [6.07, 6.45) is 1.10. The van der Waals surface area contributed by atoms with Crippen LogP contribution >= 0.6 is 0 Å². The van der Waals surface area contributed by atoms with Crippen molar-refractivity contribution in [1.29, 1.82) is 0 Å². The molecule has 2 aromatic rings. The number of rotatable bonds is 4. The van der Waals surface area contributed by atoms with Crippen LogP contribution in [0, 0.1) is 12.7 Å². The standard InChI is InChI=1S/C18H20FN/c1-3-20-18(15-9-8-14(19)10-12(15)2)17-11-13-6-4-5-7-16(13)17/h4-10,17-18,20H,3,11H2,1-2H3. The molecular formula is C18H20FN. The third-order valence-electron chi connectivity index (χ3n) is 4.29. The van der Waals surface area contributed by atoms with Crippen LogP contribution in [0.2, 0.25) is 0 Å². The summed E-state index contributed by atoms with van der Waals surface area (Å²) < 4.78 is 13.3. The van der Waals surface area contributed by atoms with Crippen molar-refractivity contribution >= 4 is 0 Å². The molecule has 1 aliphatic rings. The van der Waals surface area contributed by atoms with E-state index in [9.17, 15) is 4.39 Å². The maximum absolute atomic E-state index is 13.3. The number of nitrogens with one attached hydrogen (secondary N) is 1. The van der Waals surface area contributed by atoms with Crippen LogP contribution in [-0.2, 0) is 6.42 Å². The van der Waals surface area contributed by atoms with E-state index >= 15 is 0 Å². The fraction of sp³-hybridized carbons (Fsp3) is 0.333. The van der Waals surface area contributed by atoms with Crippen LogP contribution in [0.15, 0.2) is 42.5 Å². The predicted octanol–water partition coefficient (Wildman–Crippen LogP) is 4.12. The number of benzene rings is 2. The van der Waals surface area contributed by atoms with Gasteiger partial charge in [-0.25, -0.2) is 4.39 Å². The van der Waals surface area contributed by atoms with Crippen LogP contribution in [0.5, 0.6) is 0 Å². The van der Waals surface area contributed by atoms with E-state index in [1.54, 1.807) is 12.1 Å². The Kier molecular flexibility index (Phi) is 3.58. The van der Waals surface area contributed by atoms with E-state index < -0.39 is 0 Å². The molecule has 2 aromatic carbocycles. The van der Waals surface area contributed by atoms with Crippen molar-refractivity contribution in [2.24, 2.45) is 0 Å². The lowest BCUT2D eigenvalue weighted by molar-refractivity contribution is 0.418. The summed E-state index contributed by atoms with van der Waals surface area (Å²) >= 11 is 0. The van der Waals surface area contributed by atoms with Crippen molar-refractivity contribution in [2.45, 2.75) is 32.2 Å². The first kappa shape index (κ1) is 13.3. The van der Waals surface area contributed by atoms with E-state index in [2.05, 4.69) is 36.5 Å². The average Bonchev–Trinajstić information content (AvgIpc) is 2.39. The normalized spacial score (nSPS) is 18.2. The Bertz CT molecular complexity index is 621. The molecule has 1 N–H and O–H groups in total. The molecule has 0 bridgehead atoms. The van der Waals surface area contributed by atoms with E-state index in [-0.39, 0.29) is 11.9 Å². The second kappa shape index (κ2) is 5.37. The van der Waals surface area contributed by atoms with Gasteiger partial charge >= 0.3 is 0 Å². The Morgan fingerprint density at radius 3 is 2.75 bits per heavy atom. The predicted molar refractivity (Wildman–Crippen MR) is 80.4 cm³/mol. The lowest BCUT2D eigenvalue weighted by Crippen LogP contribution is -2.33. The van der Waals surface area contributed by atoms with Gasteiger partial charge in [-0.05, 0) is 54.3 Å². The summed E-state index contributed by atoms with van der Waals surface area (Å²) in [5.74, 6) is 0.339. The van der Waals surface area contributed by atoms with Crippen LogP contribution in [0.4, 0.5) is 4.39 Å². The fourth-order valence-corrected chi connectivity index (χ4v) is 3.27.